The van der Waals surface area contributed by atoms with Crippen LogP contribution in [-0.4, -0.2) is 43.8 Å². The van der Waals surface area contributed by atoms with Gasteiger partial charge in [-0.2, -0.15) is 5.10 Å². The van der Waals surface area contributed by atoms with E-state index in [1.165, 1.54) is 5.56 Å². The standard InChI is InChI=1S/C24H30N6O2/c1-15(14-31)27-23(32)19-9-17(10-21(28-19)26-13-16-5-4-8-25-12-16)22-18-6-7-24(2,3)11-20(18)29-30-22/h4-5,8-10,12,15,31H,6-7,11,13-14H2,1-3H3,(H,26,28)(H,27,32)(H,29,30). The lowest BCUT2D eigenvalue weighted by atomic mass is 9.76. The average Bonchev–Trinajstić information content (AvgIpc) is 3.20. The molecule has 1 unspecified atom stereocenters. The average molecular weight is 435 g/mol. The van der Waals surface area contributed by atoms with E-state index in [2.05, 4.69) is 44.6 Å². The van der Waals surface area contributed by atoms with Crippen molar-refractivity contribution < 1.29 is 9.90 Å². The Balaban J connectivity index is 1.67. The number of pyridine rings is 2. The number of rotatable bonds is 7. The fourth-order valence-electron chi connectivity index (χ4n) is 4.00. The van der Waals surface area contributed by atoms with Crippen LogP contribution in [0.1, 0.15) is 54.5 Å². The molecule has 0 saturated heterocycles. The molecule has 0 spiro atoms. The maximum Gasteiger partial charge on any atom is 0.270 e. The highest BCUT2D eigenvalue weighted by atomic mass is 16.3. The molecule has 0 aromatic carbocycles. The molecule has 0 fully saturated rings. The van der Waals surface area contributed by atoms with Gasteiger partial charge in [0, 0.05) is 41.8 Å². The highest BCUT2D eigenvalue weighted by Gasteiger charge is 2.29. The second-order valence-corrected chi connectivity index (χ2v) is 9.27. The van der Waals surface area contributed by atoms with Gasteiger partial charge in [0.15, 0.2) is 0 Å². The molecular formula is C24H30N6O2. The Hall–Kier alpha value is -3.26. The molecule has 0 bridgehead atoms. The minimum Gasteiger partial charge on any atom is -0.394 e. The molecule has 3 heterocycles. The maximum atomic E-state index is 12.8. The summed E-state index contributed by atoms with van der Waals surface area (Å²) in [6, 6.07) is 7.20. The summed E-state index contributed by atoms with van der Waals surface area (Å²) in [4.78, 5) is 21.4. The molecule has 0 radical (unpaired) electrons. The summed E-state index contributed by atoms with van der Waals surface area (Å²) in [6.45, 7) is 6.68. The van der Waals surface area contributed by atoms with Crippen LogP contribution in [0.3, 0.4) is 0 Å². The fourth-order valence-corrected chi connectivity index (χ4v) is 4.00. The zero-order valence-corrected chi connectivity index (χ0v) is 18.8. The first-order valence-corrected chi connectivity index (χ1v) is 11.0. The van der Waals surface area contributed by atoms with Gasteiger partial charge in [0.2, 0.25) is 0 Å². The van der Waals surface area contributed by atoms with E-state index in [0.717, 1.165) is 41.8 Å². The number of H-pyrrole nitrogens is 1. The predicted molar refractivity (Wildman–Crippen MR) is 123 cm³/mol. The van der Waals surface area contributed by atoms with E-state index >= 15 is 0 Å². The molecular weight excluding hydrogens is 404 g/mol. The first-order chi connectivity index (χ1) is 15.3. The molecule has 4 N–H and O–H groups in total. The third-order valence-corrected chi connectivity index (χ3v) is 5.84. The van der Waals surface area contributed by atoms with E-state index in [9.17, 15) is 9.90 Å². The van der Waals surface area contributed by atoms with Gasteiger partial charge in [-0.3, -0.25) is 14.9 Å². The number of nitrogens with zero attached hydrogens (tertiary/aromatic N) is 3. The van der Waals surface area contributed by atoms with Gasteiger partial charge in [-0.05, 0) is 55.4 Å². The summed E-state index contributed by atoms with van der Waals surface area (Å²) in [7, 11) is 0. The molecule has 1 aliphatic rings. The zero-order chi connectivity index (χ0) is 22.7. The topological polar surface area (TPSA) is 116 Å². The number of fused-ring (bicyclic) bond motifs is 1. The smallest absolute Gasteiger partial charge is 0.270 e. The number of aromatic nitrogens is 4. The van der Waals surface area contributed by atoms with E-state index in [1.54, 1.807) is 25.4 Å². The molecule has 3 aromatic heterocycles. The van der Waals surface area contributed by atoms with Gasteiger partial charge < -0.3 is 15.7 Å². The summed E-state index contributed by atoms with van der Waals surface area (Å²) < 4.78 is 0. The number of carbonyl (C=O) groups excluding carboxylic acids is 1. The zero-order valence-electron chi connectivity index (χ0n) is 18.8. The Morgan fingerprint density at radius 2 is 2.19 bits per heavy atom. The normalized spacial score (nSPS) is 15.6. The summed E-state index contributed by atoms with van der Waals surface area (Å²) in [5.74, 6) is 0.254. The number of carbonyl (C=O) groups is 1. The Labute approximate surface area is 187 Å². The van der Waals surface area contributed by atoms with Crippen LogP contribution in [0.4, 0.5) is 5.82 Å². The van der Waals surface area contributed by atoms with Crippen LogP contribution in [0.5, 0.6) is 0 Å². The van der Waals surface area contributed by atoms with Crippen LogP contribution >= 0.6 is 0 Å². The van der Waals surface area contributed by atoms with Crippen LogP contribution in [0.25, 0.3) is 11.3 Å². The summed E-state index contributed by atoms with van der Waals surface area (Å²) in [5.41, 5.74) is 5.63. The Morgan fingerprint density at radius 3 is 2.94 bits per heavy atom. The van der Waals surface area contributed by atoms with E-state index in [1.807, 2.05) is 18.2 Å². The molecule has 168 valence electrons. The maximum absolute atomic E-state index is 12.8. The number of aliphatic hydroxyl groups excluding tert-OH is 1. The van der Waals surface area contributed by atoms with Crippen molar-refractivity contribution in [1.29, 1.82) is 0 Å². The molecule has 3 aromatic rings. The highest BCUT2D eigenvalue weighted by Crippen LogP contribution is 2.38. The van der Waals surface area contributed by atoms with Crippen molar-refractivity contribution in [2.45, 2.75) is 52.6 Å². The molecule has 1 amide bonds. The van der Waals surface area contributed by atoms with Crippen LogP contribution in [0.2, 0.25) is 0 Å². The van der Waals surface area contributed by atoms with Crippen molar-refractivity contribution in [3.63, 3.8) is 0 Å². The van der Waals surface area contributed by atoms with Gasteiger partial charge in [-0.1, -0.05) is 19.9 Å². The number of nitrogens with one attached hydrogen (secondary N) is 3. The van der Waals surface area contributed by atoms with Crippen LogP contribution in [-0.2, 0) is 19.4 Å². The molecule has 8 heteroatoms. The summed E-state index contributed by atoms with van der Waals surface area (Å²) in [6.07, 6.45) is 6.51. The molecule has 0 aliphatic heterocycles. The predicted octanol–water partition coefficient (Wildman–Crippen LogP) is 3.10. The van der Waals surface area contributed by atoms with Gasteiger partial charge in [0.05, 0.1) is 12.3 Å². The van der Waals surface area contributed by atoms with Crippen molar-refractivity contribution in [1.82, 2.24) is 25.5 Å². The Kier molecular flexibility index (Phi) is 6.23. The van der Waals surface area contributed by atoms with Gasteiger partial charge in [0.25, 0.3) is 5.91 Å². The van der Waals surface area contributed by atoms with Crippen LogP contribution < -0.4 is 10.6 Å². The number of aromatic amines is 1. The van der Waals surface area contributed by atoms with E-state index in [-0.39, 0.29) is 29.7 Å². The quantitative estimate of drug-likeness (QED) is 0.454. The minimum atomic E-state index is -0.361. The number of anilines is 1. The van der Waals surface area contributed by atoms with Gasteiger partial charge in [-0.25, -0.2) is 4.98 Å². The molecule has 8 nitrogen and oxygen atoms in total. The van der Waals surface area contributed by atoms with Crippen LogP contribution in [0.15, 0.2) is 36.7 Å². The summed E-state index contributed by atoms with van der Waals surface area (Å²) in [5, 5.41) is 23.2. The lowest BCUT2D eigenvalue weighted by Gasteiger charge is -2.29. The van der Waals surface area contributed by atoms with E-state index in [4.69, 9.17) is 0 Å². The highest BCUT2D eigenvalue weighted by molar-refractivity contribution is 5.94. The van der Waals surface area contributed by atoms with Crippen molar-refractivity contribution in [3.8, 4) is 11.3 Å². The van der Waals surface area contributed by atoms with Crippen molar-refractivity contribution in [2.75, 3.05) is 11.9 Å². The third kappa shape index (κ3) is 4.96. The lowest BCUT2D eigenvalue weighted by Crippen LogP contribution is -2.35. The minimum absolute atomic E-state index is 0.139. The van der Waals surface area contributed by atoms with Gasteiger partial charge in [-0.15, -0.1) is 0 Å². The van der Waals surface area contributed by atoms with Gasteiger partial charge in [0.1, 0.15) is 11.5 Å². The molecule has 0 saturated carbocycles. The van der Waals surface area contributed by atoms with E-state index < -0.39 is 0 Å². The molecule has 4 rings (SSSR count). The Bertz CT molecular complexity index is 1090. The SMILES string of the molecule is CC(CO)NC(=O)c1cc(-c2n[nH]c3c2CCC(C)(C)C3)cc(NCc2cccnc2)n1. The second-order valence-electron chi connectivity index (χ2n) is 9.27. The Morgan fingerprint density at radius 1 is 1.34 bits per heavy atom. The summed E-state index contributed by atoms with van der Waals surface area (Å²) >= 11 is 0. The first-order valence-electron chi connectivity index (χ1n) is 11.0. The van der Waals surface area contributed by atoms with Crippen molar-refractivity contribution in [2.24, 2.45) is 5.41 Å². The number of hydrogen-bond donors (Lipinski definition) is 4. The molecule has 1 aliphatic carbocycles. The fraction of sp³-hybridized carbons (Fsp3) is 0.417. The van der Waals surface area contributed by atoms with Gasteiger partial charge >= 0.3 is 0 Å². The number of amides is 1. The number of hydrogen-bond acceptors (Lipinski definition) is 6. The van der Waals surface area contributed by atoms with E-state index in [0.29, 0.717) is 12.4 Å². The van der Waals surface area contributed by atoms with Crippen molar-refractivity contribution in [3.05, 3.63) is 59.2 Å². The largest absolute Gasteiger partial charge is 0.394 e. The second kappa shape index (κ2) is 9.08. The lowest BCUT2D eigenvalue weighted by molar-refractivity contribution is 0.0917. The molecule has 1 atom stereocenters. The van der Waals surface area contributed by atoms with Crippen LogP contribution in [0, 0.1) is 5.41 Å². The monoisotopic (exact) mass is 434 g/mol. The number of aliphatic hydroxyl groups is 1. The molecule has 32 heavy (non-hydrogen) atoms. The third-order valence-electron chi connectivity index (χ3n) is 5.84. The van der Waals surface area contributed by atoms with Crippen molar-refractivity contribution >= 4 is 11.7 Å². The first kappa shape index (κ1) is 22.0.